The van der Waals surface area contributed by atoms with Gasteiger partial charge in [-0.3, -0.25) is 4.90 Å². The average Bonchev–Trinajstić information content (AvgIpc) is 3.19. The topological polar surface area (TPSA) is 59.8 Å². The molecular formula is C31H37N3O3. The van der Waals surface area contributed by atoms with Crippen molar-refractivity contribution in [2.75, 3.05) is 20.2 Å². The van der Waals surface area contributed by atoms with Crippen molar-refractivity contribution in [1.29, 1.82) is 0 Å². The van der Waals surface area contributed by atoms with E-state index in [2.05, 4.69) is 43.0 Å². The average molecular weight is 500 g/mol. The molecule has 6 heteroatoms. The number of hydrogen-bond donors (Lipinski definition) is 1. The third-order valence-electron chi connectivity index (χ3n) is 6.18. The van der Waals surface area contributed by atoms with Crippen molar-refractivity contribution >= 4 is 0 Å². The van der Waals surface area contributed by atoms with Crippen molar-refractivity contribution in [1.82, 2.24) is 14.7 Å². The molecule has 0 fully saturated rings. The molecule has 1 aromatic heterocycles. The Morgan fingerprint density at radius 1 is 0.892 bits per heavy atom. The highest BCUT2D eigenvalue weighted by Crippen LogP contribution is 2.35. The van der Waals surface area contributed by atoms with E-state index < -0.39 is 6.10 Å². The summed E-state index contributed by atoms with van der Waals surface area (Å²) in [7, 11) is 3.55. The molecule has 0 radical (unpaired) electrons. The van der Waals surface area contributed by atoms with Crippen molar-refractivity contribution in [2.45, 2.75) is 32.9 Å². The van der Waals surface area contributed by atoms with Gasteiger partial charge < -0.3 is 14.6 Å². The first-order chi connectivity index (χ1) is 17.9. The first kappa shape index (κ1) is 26.5. The maximum Gasteiger partial charge on any atom is 0.222 e. The fourth-order valence-electron chi connectivity index (χ4n) is 4.62. The molecule has 6 nitrogen and oxygen atoms in total. The highest BCUT2D eigenvalue weighted by molar-refractivity contribution is 5.65. The number of aromatic nitrogens is 2. The number of aliphatic hydroxyl groups excluding tert-OH is 1. The zero-order valence-electron chi connectivity index (χ0n) is 22.2. The normalized spacial score (nSPS) is 12.2. The lowest BCUT2D eigenvalue weighted by molar-refractivity contribution is 0.101. The Morgan fingerprint density at radius 3 is 2.24 bits per heavy atom. The number of benzene rings is 3. The van der Waals surface area contributed by atoms with Gasteiger partial charge in [0.1, 0.15) is 17.2 Å². The Balaban J connectivity index is 1.66. The molecule has 1 atom stereocenters. The maximum absolute atomic E-state index is 11.0. The molecule has 0 saturated heterocycles. The number of aryl methyl sites for hydroxylation is 1. The van der Waals surface area contributed by atoms with Gasteiger partial charge in [-0.05, 0) is 30.0 Å². The van der Waals surface area contributed by atoms with E-state index >= 15 is 0 Å². The molecule has 0 amide bonds. The van der Waals surface area contributed by atoms with Crippen molar-refractivity contribution in [2.24, 2.45) is 13.0 Å². The fraction of sp³-hybridized carbons (Fsp3) is 0.323. The molecule has 194 valence electrons. The largest absolute Gasteiger partial charge is 0.497 e. The second-order valence-corrected chi connectivity index (χ2v) is 9.83. The van der Waals surface area contributed by atoms with E-state index in [-0.39, 0.29) is 0 Å². The van der Waals surface area contributed by atoms with Crippen LogP contribution >= 0.6 is 0 Å². The van der Waals surface area contributed by atoms with Gasteiger partial charge in [0.05, 0.1) is 18.8 Å². The quantitative estimate of drug-likeness (QED) is 0.261. The standard InChI is InChI=1S/C31H37N3O3/c1-23(2)20-34(21-26(35)18-24-12-7-5-8-13-24)22-29-30(25-14-9-6-10-15-25)32-33(3)31(29)37-28-17-11-16-27(19-28)36-4/h5-17,19,23,26,35H,18,20-22H2,1-4H3/t26-/m0/s1. The molecule has 3 aromatic carbocycles. The predicted octanol–water partition coefficient (Wildman–Crippen LogP) is 5.95. The Morgan fingerprint density at radius 2 is 1.57 bits per heavy atom. The Hall–Kier alpha value is -3.61. The number of aliphatic hydroxyl groups is 1. The van der Waals surface area contributed by atoms with Crippen molar-refractivity contribution in [3.63, 3.8) is 0 Å². The highest BCUT2D eigenvalue weighted by Gasteiger charge is 2.24. The third-order valence-corrected chi connectivity index (χ3v) is 6.18. The number of ether oxygens (including phenoxy) is 2. The Kier molecular flexibility index (Phi) is 8.99. The first-order valence-corrected chi connectivity index (χ1v) is 12.8. The number of rotatable bonds is 12. The van der Waals surface area contributed by atoms with E-state index in [0.29, 0.717) is 37.1 Å². The molecule has 0 saturated carbocycles. The molecule has 4 aromatic rings. The van der Waals surface area contributed by atoms with Crippen LogP contribution in [-0.4, -0.2) is 46.1 Å². The van der Waals surface area contributed by atoms with Gasteiger partial charge in [0.15, 0.2) is 0 Å². The molecule has 1 heterocycles. The van der Waals surface area contributed by atoms with E-state index in [9.17, 15) is 5.11 Å². The summed E-state index contributed by atoms with van der Waals surface area (Å²) in [6, 6.07) is 27.9. The third kappa shape index (κ3) is 7.21. The zero-order chi connectivity index (χ0) is 26.2. The van der Waals surface area contributed by atoms with Gasteiger partial charge in [0.2, 0.25) is 5.88 Å². The highest BCUT2D eigenvalue weighted by atomic mass is 16.5. The van der Waals surface area contributed by atoms with Gasteiger partial charge in [0, 0.05) is 38.3 Å². The molecule has 37 heavy (non-hydrogen) atoms. The van der Waals surface area contributed by atoms with Gasteiger partial charge >= 0.3 is 0 Å². The fourth-order valence-corrected chi connectivity index (χ4v) is 4.62. The lowest BCUT2D eigenvalue weighted by atomic mass is 10.0. The summed E-state index contributed by atoms with van der Waals surface area (Å²) in [5.74, 6) is 2.53. The van der Waals surface area contributed by atoms with Gasteiger partial charge in [-0.1, -0.05) is 80.6 Å². The zero-order valence-corrected chi connectivity index (χ0v) is 22.2. The van der Waals surface area contributed by atoms with E-state index in [0.717, 1.165) is 34.7 Å². The molecule has 0 aliphatic heterocycles. The molecule has 0 unspecified atom stereocenters. The second-order valence-electron chi connectivity index (χ2n) is 9.83. The van der Waals surface area contributed by atoms with Crippen LogP contribution in [0.25, 0.3) is 11.3 Å². The number of nitrogens with zero attached hydrogens (tertiary/aromatic N) is 3. The summed E-state index contributed by atoms with van der Waals surface area (Å²) in [6.07, 6.45) is 0.127. The number of hydrogen-bond acceptors (Lipinski definition) is 5. The van der Waals surface area contributed by atoms with Crippen LogP contribution in [0.2, 0.25) is 0 Å². The van der Waals surface area contributed by atoms with E-state index in [1.54, 1.807) is 11.8 Å². The first-order valence-electron chi connectivity index (χ1n) is 12.8. The summed E-state index contributed by atoms with van der Waals surface area (Å²) in [6.45, 7) is 6.39. The summed E-state index contributed by atoms with van der Waals surface area (Å²) in [5.41, 5.74) is 4.03. The van der Waals surface area contributed by atoms with Gasteiger partial charge in [-0.25, -0.2) is 4.68 Å². The van der Waals surface area contributed by atoms with E-state index in [1.165, 1.54) is 0 Å². The Bertz CT molecular complexity index is 1260. The molecular weight excluding hydrogens is 462 g/mol. The van der Waals surface area contributed by atoms with Crippen LogP contribution in [-0.2, 0) is 20.0 Å². The molecule has 0 aliphatic carbocycles. The lowest BCUT2D eigenvalue weighted by Crippen LogP contribution is -2.35. The summed E-state index contributed by atoms with van der Waals surface area (Å²) >= 11 is 0. The molecule has 0 bridgehead atoms. The van der Waals surface area contributed by atoms with E-state index in [4.69, 9.17) is 14.6 Å². The van der Waals surface area contributed by atoms with Crippen molar-refractivity contribution in [3.8, 4) is 28.6 Å². The minimum absolute atomic E-state index is 0.434. The number of methoxy groups -OCH3 is 1. The molecule has 0 spiro atoms. The predicted molar refractivity (Wildman–Crippen MR) is 148 cm³/mol. The monoisotopic (exact) mass is 499 g/mol. The SMILES string of the molecule is COc1cccc(Oc2c(CN(CC(C)C)C[C@@H](O)Cc3ccccc3)c(-c3ccccc3)nn2C)c1. The van der Waals surface area contributed by atoms with Crippen LogP contribution in [0.1, 0.15) is 25.0 Å². The minimum atomic E-state index is -0.485. The van der Waals surface area contributed by atoms with Gasteiger partial charge in [-0.2, -0.15) is 5.10 Å². The molecule has 4 rings (SSSR count). The van der Waals surface area contributed by atoms with Gasteiger partial charge in [-0.15, -0.1) is 0 Å². The summed E-state index contributed by atoms with van der Waals surface area (Å²) in [4.78, 5) is 2.31. The summed E-state index contributed by atoms with van der Waals surface area (Å²) in [5, 5.41) is 15.9. The van der Waals surface area contributed by atoms with Crippen LogP contribution in [0.3, 0.4) is 0 Å². The van der Waals surface area contributed by atoms with Gasteiger partial charge in [0.25, 0.3) is 0 Å². The summed E-state index contributed by atoms with van der Waals surface area (Å²) < 4.78 is 13.6. The molecule has 0 aliphatic rings. The minimum Gasteiger partial charge on any atom is -0.497 e. The van der Waals surface area contributed by atoms with Crippen LogP contribution < -0.4 is 9.47 Å². The van der Waals surface area contributed by atoms with Crippen LogP contribution in [0.5, 0.6) is 17.4 Å². The Labute approximate surface area is 220 Å². The lowest BCUT2D eigenvalue weighted by Gasteiger charge is -2.27. The van der Waals surface area contributed by atoms with Crippen LogP contribution in [0.4, 0.5) is 0 Å². The van der Waals surface area contributed by atoms with Crippen LogP contribution in [0, 0.1) is 5.92 Å². The maximum atomic E-state index is 11.0. The molecule has 1 N–H and O–H groups in total. The van der Waals surface area contributed by atoms with Crippen molar-refractivity contribution in [3.05, 3.63) is 96.1 Å². The second kappa shape index (κ2) is 12.6. The van der Waals surface area contributed by atoms with Crippen molar-refractivity contribution < 1.29 is 14.6 Å². The van der Waals surface area contributed by atoms with Crippen LogP contribution in [0.15, 0.2) is 84.9 Å². The smallest absolute Gasteiger partial charge is 0.222 e. The van der Waals surface area contributed by atoms with E-state index in [1.807, 2.05) is 67.7 Å².